The Kier molecular flexibility index (Phi) is 8.45. The van der Waals surface area contributed by atoms with Crippen molar-refractivity contribution in [1.82, 2.24) is 19.6 Å². The quantitative estimate of drug-likeness (QED) is 0.173. The second kappa shape index (κ2) is 11.7. The van der Waals surface area contributed by atoms with Crippen LogP contribution in [0.2, 0.25) is 5.02 Å². The summed E-state index contributed by atoms with van der Waals surface area (Å²) >= 11 is 7.95. The molecule has 2 aromatic heterocycles. The van der Waals surface area contributed by atoms with E-state index in [2.05, 4.69) is 35.9 Å². The highest BCUT2D eigenvalue weighted by Gasteiger charge is 2.18. The molecule has 0 aliphatic heterocycles. The third kappa shape index (κ3) is 6.67. The van der Waals surface area contributed by atoms with Crippen molar-refractivity contribution in [3.8, 4) is 5.69 Å². The van der Waals surface area contributed by atoms with Crippen LogP contribution in [0.25, 0.3) is 5.69 Å². The Morgan fingerprint density at radius 3 is 2.59 bits per heavy atom. The lowest BCUT2D eigenvalue weighted by atomic mass is 10.0. The molecule has 0 aliphatic rings. The first kappa shape index (κ1) is 26.6. The standard InChI is InChI=1S/C27H26ClF2N5OS/c1-17(16-34-10-4-8-31-34)12-18(2)19(3)37-25-13-20(6-7-22(25)28)27(36)33-21-14-23(29)26(30)24(15-21)35-11-5-9-32-35/h4-11,13-15,17,19H,2,12,16H2,1,3H3,(H,33,36)/t17?,19-/m0/s1. The number of thioether (sulfide) groups is 1. The van der Waals surface area contributed by atoms with Gasteiger partial charge in [-0.15, -0.1) is 11.8 Å². The zero-order valence-corrected chi connectivity index (χ0v) is 21.9. The number of carbonyl (C=O) groups is 1. The van der Waals surface area contributed by atoms with E-state index in [1.54, 1.807) is 30.5 Å². The molecule has 2 atom stereocenters. The maximum Gasteiger partial charge on any atom is 0.255 e. The van der Waals surface area contributed by atoms with Gasteiger partial charge < -0.3 is 5.32 Å². The topological polar surface area (TPSA) is 64.7 Å². The van der Waals surface area contributed by atoms with Crippen LogP contribution in [0.4, 0.5) is 14.5 Å². The third-order valence-corrected chi connectivity index (χ3v) is 7.48. The molecular weight excluding hydrogens is 516 g/mol. The number of carbonyl (C=O) groups excluding carboxylic acids is 1. The van der Waals surface area contributed by atoms with E-state index < -0.39 is 17.5 Å². The zero-order chi connectivity index (χ0) is 26.5. The van der Waals surface area contributed by atoms with Gasteiger partial charge in [0.15, 0.2) is 11.6 Å². The van der Waals surface area contributed by atoms with Gasteiger partial charge in [-0.1, -0.05) is 30.7 Å². The van der Waals surface area contributed by atoms with E-state index in [0.717, 1.165) is 29.5 Å². The molecule has 2 heterocycles. The van der Waals surface area contributed by atoms with Gasteiger partial charge >= 0.3 is 0 Å². The highest BCUT2D eigenvalue weighted by molar-refractivity contribution is 8.00. The number of anilines is 1. The van der Waals surface area contributed by atoms with Gasteiger partial charge in [-0.2, -0.15) is 10.2 Å². The molecular formula is C27H26ClF2N5OS. The SMILES string of the molecule is C=C(CC(C)Cn1cccn1)[C@H](C)Sc1cc(C(=O)Nc2cc(F)c(F)c(-n3cccn3)c2)ccc1Cl. The molecule has 192 valence electrons. The van der Waals surface area contributed by atoms with Gasteiger partial charge in [0.05, 0.1) is 5.02 Å². The Hall–Kier alpha value is -3.43. The molecule has 1 N–H and O–H groups in total. The van der Waals surface area contributed by atoms with Crippen LogP contribution >= 0.6 is 23.4 Å². The van der Waals surface area contributed by atoms with E-state index in [0.29, 0.717) is 16.5 Å². The van der Waals surface area contributed by atoms with Crippen LogP contribution in [-0.4, -0.2) is 30.7 Å². The van der Waals surface area contributed by atoms with Crippen LogP contribution in [0.3, 0.4) is 0 Å². The van der Waals surface area contributed by atoms with Gasteiger partial charge in [0.2, 0.25) is 0 Å². The first-order valence-electron chi connectivity index (χ1n) is 11.6. The second-order valence-corrected chi connectivity index (χ2v) is 10.6. The molecule has 0 fully saturated rings. The summed E-state index contributed by atoms with van der Waals surface area (Å²) in [6.07, 6.45) is 7.45. The summed E-state index contributed by atoms with van der Waals surface area (Å²) in [6.45, 7) is 9.26. The maximum absolute atomic E-state index is 14.3. The zero-order valence-electron chi connectivity index (χ0n) is 20.4. The molecule has 1 unspecified atom stereocenters. The Morgan fingerprint density at radius 1 is 1.14 bits per heavy atom. The average Bonchev–Trinajstić information content (AvgIpc) is 3.57. The Labute approximate surface area is 223 Å². The summed E-state index contributed by atoms with van der Waals surface area (Å²) in [6, 6.07) is 10.7. The Balaban J connectivity index is 1.44. The van der Waals surface area contributed by atoms with E-state index in [4.69, 9.17) is 11.6 Å². The second-order valence-electron chi connectivity index (χ2n) is 8.80. The Bertz CT molecular complexity index is 1390. The summed E-state index contributed by atoms with van der Waals surface area (Å²) in [5.41, 5.74) is 1.39. The molecule has 10 heteroatoms. The molecule has 0 saturated carbocycles. The van der Waals surface area contributed by atoms with Crippen LogP contribution in [0, 0.1) is 17.6 Å². The summed E-state index contributed by atoms with van der Waals surface area (Å²) < 4.78 is 31.6. The van der Waals surface area contributed by atoms with E-state index in [1.807, 2.05) is 16.9 Å². The van der Waals surface area contributed by atoms with E-state index in [1.165, 1.54) is 34.9 Å². The number of halogens is 3. The van der Waals surface area contributed by atoms with Gasteiger partial charge in [0.25, 0.3) is 5.91 Å². The fraction of sp³-hybridized carbons (Fsp3) is 0.222. The molecule has 4 rings (SSSR count). The molecule has 0 aliphatic carbocycles. The minimum absolute atomic E-state index is 0.0544. The van der Waals surface area contributed by atoms with Crippen molar-refractivity contribution in [3.05, 3.63) is 102 Å². The van der Waals surface area contributed by atoms with Gasteiger partial charge in [-0.25, -0.2) is 13.5 Å². The van der Waals surface area contributed by atoms with Crippen LogP contribution in [-0.2, 0) is 6.54 Å². The molecule has 4 aromatic rings. The van der Waals surface area contributed by atoms with Gasteiger partial charge in [0.1, 0.15) is 5.69 Å². The normalized spacial score (nSPS) is 12.8. The molecule has 1 amide bonds. The van der Waals surface area contributed by atoms with Crippen LogP contribution in [0.1, 0.15) is 30.6 Å². The molecule has 6 nitrogen and oxygen atoms in total. The van der Waals surface area contributed by atoms with Crippen molar-refractivity contribution in [2.75, 3.05) is 5.32 Å². The maximum atomic E-state index is 14.3. The molecule has 37 heavy (non-hydrogen) atoms. The number of amides is 1. The van der Waals surface area contributed by atoms with E-state index >= 15 is 0 Å². The number of nitrogens with one attached hydrogen (secondary N) is 1. The van der Waals surface area contributed by atoms with Crippen molar-refractivity contribution in [3.63, 3.8) is 0 Å². The minimum Gasteiger partial charge on any atom is -0.322 e. The van der Waals surface area contributed by atoms with Crippen molar-refractivity contribution < 1.29 is 13.6 Å². The van der Waals surface area contributed by atoms with Crippen molar-refractivity contribution in [1.29, 1.82) is 0 Å². The van der Waals surface area contributed by atoms with E-state index in [-0.39, 0.29) is 16.6 Å². The number of hydrogen-bond donors (Lipinski definition) is 1. The number of benzene rings is 2. The van der Waals surface area contributed by atoms with Gasteiger partial charge in [0, 0.05) is 58.8 Å². The summed E-state index contributed by atoms with van der Waals surface area (Å²) in [7, 11) is 0. The van der Waals surface area contributed by atoms with Crippen LogP contribution in [0.5, 0.6) is 0 Å². The lowest BCUT2D eigenvalue weighted by Crippen LogP contribution is -2.14. The van der Waals surface area contributed by atoms with Crippen molar-refractivity contribution in [2.45, 2.75) is 37.0 Å². The fourth-order valence-electron chi connectivity index (χ4n) is 3.84. The smallest absolute Gasteiger partial charge is 0.255 e. The van der Waals surface area contributed by atoms with E-state index in [9.17, 15) is 13.6 Å². The monoisotopic (exact) mass is 541 g/mol. The number of nitrogens with zero attached hydrogens (tertiary/aromatic N) is 4. The largest absolute Gasteiger partial charge is 0.322 e. The third-order valence-electron chi connectivity index (χ3n) is 5.76. The molecule has 0 bridgehead atoms. The Morgan fingerprint density at radius 2 is 1.89 bits per heavy atom. The van der Waals surface area contributed by atoms with Crippen molar-refractivity contribution >= 4 is 35.0 Å². The number of rotatable bonds is 10. The molecule has 0 radical (unpaired) electrons. The first-order chi connectivity index (χ1) is 17.7. The van der Waals surface area contributed by atoms with Crippen LogP contribution in [0.15, 0.2) is 84.3 Å². The lowest BCUT2D eigenvalue weighted by Gasteiger charge is -2.19. The minimum atomic E-state index is -1.09. The first-order valence-corrected chi connectivity index (χ1v) is 12.9. The summed E-state index contributed by atoms with van der Waals surface area (Å²) in [5, 5.41) is 11.4. The average molecular weight is 542 g/mol. The number of hydrogen-bond acceptors (Lipinski definition) is 4. The fourth-order valence-corrected chi connectivity index (χ4v) is 5.11. The number of aromatic nitrogens is 4. The van der Waals surface area contributed by atoms with Crippen LogP contribution < -0.4 is 5.32 Å². The molecule has 2 aromatic carbocycles. The highest BCUT2D eigenvalue weighted by Crippen LogP contribution is 2.35. The lowest BCUT2D eigenvalue weighted by molar-refractivity contribution is 0.102. The van der Waals surface area contributed by atoms with Gasteiger partial charge in [-0.05, 0) is 55.7 Å². The molecule has 0 saturated heterocycles. The summed E-state index contributed by atoms with van der Waals surface area (Å²) in [5.74, 6) is -2.27. The predicted molar refractivity (Wildman–Crippen MR) is 143 cm³/mol. The predicted octanol–water partition coefficient (Wildman–Crippen LogP) is 7.02. The van der Waals surface area contributed by atoms with Gasteiger partial charge in [-0.3, -0.25) is 9.48 Å². The molecule has 0 spiro atoms. The highest BCUT2D eigenvalue weighted by atomic mass is 35.5. The summed E-state index contributed by atoms with van der Waals surface area (Å²) in [4.78, 5) is 13.7. The van der Waals surface area contributed by atoms with Crippen molar-refractivity contribution in [2.24, 2.45) is 5.92 Å².